The minimum atomic E-state index is -0.399. The van der Waals surface area contributed by atoms with Crippen molar-refractivity contribution in [1.29, 1.82) is 0 Å². The van der Waals surface area contributed by atoms with Crippen LogP contribution in [-0.4, -0.2) is 23.2 Å². The number of nitro benzene ring substituents is 1. The molecule has 1 heterocycles. The van der Waals surface area contributed by atoms with Crippen molar-refractivity contribution in [2.75, 3.05) is 0 Å². The van der Waals surface area contributed by atoms with E-state index in [0.717, 1.165) is 12.0 Å². The topological polar surface area (TPSA) is 61.6 Å². The Morgan fingerprint density at radius 1 is 1.20 bits per heavy atom. The van der Waals surface area contributed by atoms with Crippen LogP contribution in [0, 0.1) is 10.1 Å². The smallest absolute Gasteiger partial charge is 0.403 e. The van der Waals surface area contributed by atoms with Gasteiger partial charge in [-0.2, -0.15) is 0 Å². The van der Waals surface area contributed by atoms with E-state index < -0.39 is 4.92 Å². The molecule has 0 radical (unpaired) electrons. The van der Waals surface area contributed by atoms with Crippen molar-refractivity contribution < 1.29 is 14.2 Å². The fourth-order valence-electron chi connectivity index (χ4n) is 2.45. The summed E-state index contributed by atoms with van der Waals surface area (Å²) in [6.07, 6.45) is 1.47. The highest BCUT2D eigenvalue weighted by atomic mass is 16.7. The fraction of sp³-hybridized carbons (Fsp3) is 0.571. The Morgan fingerprint density at radius 2 is 1.80 bits per heavy atom. The third-order valence-corrected chi connectivity index (χ3v) is 4.32. The SMILES string of the molecule is CCC1(C)OB(Cc2ccc([N+](=O)[O-])cc2)OC1(C)C. The average Bonchev–Trinajstić information content (AvgIpc) is 2.60. The van der Waals surface area contributed by atoms with Crippen LogP contribution in [0.15, 0.2) is 24.3 Å². The monoisotopic (exact) mass is 277 g/mol. The van der Waals surface area contributed by atoms with Gasteiger partial charge in [0.25, 0.3) is 5.69 Å². The summed E-state index contributed by atoms with van der Waals surface area (Å²) in [5.41, 5.74) is 0.420. The molecule has 1 aromatic carbocycles. The zero-order chi connectivity index (χ0) is 15.0. The molecule has 1 saturated heterocycles. The molecule has 5 nitrogen and oxygen atoms in total. The van der Waals surface area contributed by atoms with Crippen LogP contribution in [0.5, 0.6) is 0 Å². The van der Waals surface area contributed by atoms with Crippen LogP contribution in [0.4, 0.5) is 5.69 Å². The molecule has 1 unspecified atom stereocenters. The van der Waals surface area contributed by atoms with E-state index in [0.29, 0.717) is 6.32 Å². The van der Waals surface area contributed by atoms with Crippen LogP contribution >= 0.6 is 0 Å². The first kappa shape index (κ1) is 15.0. The van der Waals surface area contributed by atoms with Gasteiger partial charge in [0.05, 0.1) is 16.1 Å². The van der Waals surface area contributed by atoms with Crippen LogP contribution in [0.2, 0.25) is 0 Å². The Labute approximate surface area is 119 Å². The van der Waals surface area contributed by atoms with E-state index in [9.17, 15) is 10.1 Å². The first-order valence-corrected chi connectivity index (χ1v) is 6.86. The number of nitrogens with zero attached hydrogens (tertiary/aromatic N) is 1. The second kappa shape index (κ2) is 5.18. The van der Waals surface area contributed by atoms with E-state index >= 15 is 0 Å². The molecule has 2 rings (SSSR count). The fourth-order valence-corrected chi connectivity index (χ4v) is 2.45. The summed E-state index contributed by atoms with van der Waals surface area (Å²) in [5.74, 6) is 0. The molecule has 1 aliphatic heterocycles. The minimum absolute atomic E-state index is 0.0979. The molecule has 0 N–H and O–H groups in total. The van der Waals surface area contributed by atoms with Gasteiger partial charge in [0.2, 0.25) is 0 Å². The number of nitro groups is 1. The summed E-state index contributed by atoms with van der Waals surface area (Å²) in [5, 5.41) is 10.6. The zero-order valence-corrected chi connectivity index (χ0v) is 12.4. The normalized spacial score (nSPS) is 24.9. The molecule has 1 aromatic rings. The maximum absolute atomic E-state index is 10.6. The molecule has 1 aliphatic rings. The van der Waals surface area contributed by atoms with Gasteiger partial charge in [0.15, 0.2) is 0 Å². The van der Waals surface area contributed by atoms with E-state index in [4.69, 9.17) is 9.31 Å². The first-order valence-electron chi connectivity index (χ1n) is 6.86. The molecular weight excluding hydrogens is 257 g/mol. The van der Waals surface area contributed by atoms with Crippen LogP contribution in [-0.2, 0) is 15.6 Å². The summed E-state index contributed by atoms with van der Waals surface area (Å²) in [6.45, 7) is 8.21. The number of rotatable bonds is 4. The van der Waals surface area contributed by atoms with Crippen LogP contribution in [0.25, 0.3) is 0 Å². The largest absolute Gasteiger partial charge is 0.462 e. The first-order chi connectivity index (χ1) is 9.27. The zero-order valence-electron chi connectivity index (χ0n) is 12.4. The Kier molecular flexibility index (Phi) is 3.89. The third-order valence-electron chi connectivity index (χ3n) is 4.32. The lowest BCUT2D eigenvalue weighted by molar-refractivity contribution is -0.384. The van der Waals surface area contributed by atoms with Gasteiger partial charge in [-0.3, -0.25) is 10.1 Å². The van der Waals surface area contributed by atoms with Crippen molar-refractivity contribution in [3.8, 4) is 0 Å². The highest BCUT2D eigenvalue weighted by Gasteiger charge is 2.52. The van der Waals surface area contributed by atoms with Gasteiger partial charge in [0, 0.05) is 18.5 Å². The summed E-state index contributed by atoms with van der Waals surface area (Å²) in [6, 6.07) is 6.52. The lowest BCUT2D eigenvalue weighted by Gasteiger charge is -2.35. The number of hydrogen-bond donors (Lipinski definition) is 0. The quantitative estimate of drug-likeness (QED) is 0.482. The maximum atomic E-state index is 10.6. The van der Waals surface area contributed by atoms with Crippen molar-refractivity contribution in [2.24, 2.45) is 0 Å². The summed E-state index contributed by atoms with van der Waals surface area (Å²) in [7, 11) is -0.309. The predicted octanol–water partition coefficient (Wildman–Crippen LogP) is 3.16. The molecule has 0 spiro atoms. The second-order valence-electron chi connectivity index (χ2n) is 5.89. The molecule has 0 amide bonds. The average molecular weight is 277 g/mol. The Balaban J connectivity index is 2.07. The Hall–Kier alpha value is -1.40. The lowest BCUT2D eigenvalue weighted by atomic mass is 9.81. The Bertz CT molecular complexity index is 502. The molecule has 108 valence electrons. The summed E-state index contributed by atoms with van der Waals surface area (Å²) in [4.78, 5) is 10.2. The molecule has 0 saturated carbocycles. The highest BCUT2D eigenvalue weighted by molar-refractivity contribution is 6.45. The molecule has 0 aromatic heterocycles. The molecule has 20 heavy (non-hydrogen) atoms. The van der Waals surface area contributed by atoms with Crippen molar-refractivity contribution >= 4 is 12.8 Å². The van der Waals surface area contributed by atoms with Crippen LogP contribution in [0.1, 0.15) is 39.7 Å². The second-order valence-corrected chi connectivity index (χ2v) is 5.89. The number of non-ortho nitro benzene ring substituents is 1. The molecule has 1 fully saturated rings. The van der Waals surface area contributed by atoms with E-state index in [1.165, 1.54) is 12.1 Å². The maximum Gasteiger partial charge on any atom is 0.462 e. The van der Waals surface area contributed by atoms with Gasteiger partial charge >= 0.3 is 7.12 Å². The standard InChI is InChI=1S/C14H20BNO4/c1-5-14(4)13(2,3)19-15(20-14)10-11-6-8-12(9-7-11)16(17)18/h6-9H,5,10H2,1-4H3. The molecule has 0 bridgehead atoms. The molecule has 1 atom stereocenters. The lowest BCUT2D eigenvalue weighted by Crippen LogP contribution is -2.44. The van der Waals surface area contributed by atoms with Gasteiger partial charge in [-0.05, 0) is 32.8 Å². The summed E-state index contributed by atoms with van der Waals surface area (Å²) < 4.78 is 12.0. The van der Waals surface area contributed by atoms with E-state index in [1.807, 2.05) is 13.8 Å². The van der Waals surface area contributed by atoms with E-state index in [1.54, 1.807) is 12.1 Å². The van der Waals surface area contributed by atoms with Gasteiger partial charge in [0.1, 0.15) is 0 Å². The van der Waals surface area contributed by atoms with Gasteiger partial charge in [-0.25, -0.2) is 0 Å². The van der Waals surface area contributed by atoms with Crippen molar-refractivity contribution in [1.82, 2.24) is 0 Å². The number of hydrogen-bond acceptors (Lipinski definition) is 4. The van der Waals surface area contributed by atoms with Crippen molar-refractivity contribution in [3.63, 3.8) is 0 Å². The van der Waals surface area contributed by atoms with Crippen molar-refractivity contribution in [2.45, 2.75) is 51.6 Å². The van der Waals surface area contributed by atoms with Crippen molar-refractivity contribution in [3.05, 3.63) is 39.9 Å². The molecule has 6 heteroatoms. The minimum Gasteiger partial charge on any atom is -0.403 e. The number of benzene rings is 1. The van der Waals surface area contributed by atoms with E-state index in [2.05, 4.69) is 13.8 Å². The highest BCUT2D eigenvalue weighted by Crippen LogP contribution is 2.40. The van der Waals surface area contributed by atoms with Gasteiger partial charge in [-0.15, -0.1) is 0 Å². The van der Waals surface area contributed by atoms with Gasteiger partial charge in [-0.1, -0.05) is 19.1 Å². The van der Waals surface area contributed by atoms with Crippen LogP contribution in [0.3, 0.4) is 0 Å². The van der Waals surface area contributed by atoms with Crippen LogP contribution < -0.4 is 0 Å². The van der Waals surface area contributed by atoms with Gasteiger partial charge < -0.3 is 9.31 Å². The Morgan fingerprint density at radius 3 is 2.25 bits per heavy atom. The summed E-state index contributed by atoms with van der Waals surface area (Å²) >= 11 is 0. The van der Waals surface area contributed by atoms with E-state index in [-0.39, 0.29) is 24.0 Å². The third kappa shape index (κ3) is 2.71. The molecule has 0 aliphatic carbocycles. The predicted molar refractivity (Wildman–Crippen MR) is 77.5 cm³/mol. The molecular formula is C14H20BNO4.